The number of nitrogens with zero attached hydrogens (tertiary/aromatic N) is 3. The van der Waals surface area contributed by atoms with E-state index in [2.05, 4.69) is 26.7 Å². The van der Waals surface area contributed by atoms with Crippen molar-refractivity contribution in [2.45, 2.75) is 58.0 Å². The van der Waals surface area contributed by atoms with Gasteiger partial charge in [-0.15, -0.1) is 5.10 Å². The molecule has 1 aromatic heterocycles. The number of nitrogens with one attached hydrogen (secondary N) is 1. The van der Waals surface area contributed by atoms with E-state index in [9.17, 15) is 0 Å². The monoisotopic (exact) mass is 280 g/mol. The van der Waals surface area contributed by atoms with Gasteiger partial charge in [0.1, 0.15) is 10.7 Å². The number of rotatable bonds is 5. The van der Waals surface area contributed by atoms with E-state index in [1.54, 1.807) is 0 Å². The van der Waals surface area contributed by atoms with E-state index in [1.807, 2.05) is 0 Å². The lowest BCUT2D eigenvalue weighted by molar-refractivity contribution is 0.104. The summed E-state index contributed by atoms with van der Waals surface area (Å²) in [6.45, 7) is 5.44. The summed E-state index contributed by atoms with van der Waals surface area (Å²) in [4.78, 5) is 2.66. The number of piperidine rings is 1. The molecule has 0 bridgehead atoms. The zero-order valence-corrected chi connectivity index (χ0v) is 12.6. The third-order valence-electron chi connectivity index (χ3n) is 4.55. The van der Waals surface area contributed by atoms with Crippen LogP contribution in [0.25, 0.3) is 0 Å². The van der Waals surface area contributed by atoms with Crippen molar-refractivity contribution in [2.24, 2.45) is 5.92 Å². The van der Waals surface area contributed by atoms with Crippen molar-refractivity contribution in [3.05, 3.63) is 5.69 Å². The normalized spacial score (nSPS) is 27.4. The maximum Gasteiger partial charge on any atom is 0.134 e. The highest BCUT2D eigenvalue weighted by atomic mass is 32.1. The summed E-state index contributed by atoms with van der Waals surface area (Å²) < 4.78 is 4.13. The van der Waals surface area contributed by atoms with Gasteiger partial charge >= 0.3 is 0 Å². The van der Waals surface area contributed by atoms with Gasteiger partial charge in [-0.3, -0.25) is 4.90 Å². The van der Waals surface area contributed by atoms with Crippen LogP contribution in [0.15, 0.2) is 0 Å². The highest BCUT2D eigenvalue weighted by Crippen LogP contribution is 2.37. The highest BCUT2D eigenvalue weighted by molar-refractivity contribution is 7.10. The quantitative estimate of drug-likeness (QED) is 0.899. The van der Waals surface area contributed by atoms with Crippen molar-refractivity contribution in [3.63, 3.8) is 0 Å². The molecule has 0 aromatic carbocycles. The molecule has 2 heterocycles. The fourth-order valence-electron chi connectivity index (χ4n) is 3.63. The first-order chi connectivity index (χ1) is 9.38. The van der Waals surface area contributed by atoms with Crippen LogP contribution in [0.5, 0.6) is 0 Å². The molecule has 2 atom stereocenters. The predicted molar refractivity (Wildman–Crippen MR) is 79.5 cm³/mol. The van der Waals surface area contributed by atoms with Gasteiger partial charge < -0.3 is 5.32 Å². The van der Waals surface area contributed by atoms with E-state index in [4.69, 9.17) is 0 Å². The molecule has 3 rings (SSSR count). The Kier molecular flexibility index (Phi) is 4.33. The lowest BCUT2D eigenvalue weighted by atomic mass is 9.92. The fourth-order valence-corrected chi connectivity index (χ4v) is 4.23. The Balaban J connectivity index is 1.65. The van der Waals surface area contributed by atoms with E-state index in [0.29, 0.717) is 0 Å². The van der Waals surface area contributed by atoms with Gasteiger partial charge in [0, 0.05) is 30.7 Å². The zero-order chi connectivity index (χ0) is 13.1. The second kappa shape index (κ2) is 6.18. The molecule has 19 heavy (non-hydrogen) atoms. The van der Waals surface area contributed by atoms with Crippen LogP contribution in [0.3, 0.4) is 0 Å². The second-order valence-corrected chi connectivity index (χ2v) is 6.60. The minimum Gasteiger partial charge on any atom is -0.374 e. The number of likely N-dealkylation sites (tertiary alicyclic amines) is 1. The Morgan fingerprint density at radius 2 is 2.21 bits per heavy atom. The van der Waals surface area contributed by atoms with Crippen LogP contribution >= 0.6 is 11.5 Å². The largest absolute Gasteiger partial charge is 0.374 e. The molecule has 0 radical (unpaired) electrons. The molecule has 2 aliphatic rings. The predicted octanol–water partition coefficient (Wildman–Crippen LogP) is 3.12. The molecule has 106 valence electrons. The van der Waals surface area contributed by atoms with Crippen molar-refractivity contribution in [2.75, 3.05) is 18.4 Å². The maximum atomic E-state index is 4.34. The van der Waals surface area contributed by atoms with Gasteiger partial charge in [-0.25, -0.2) is 0 Å². The fraction of sp³-hybridized carbons (Fsp3) is 0.857. The zero-order valence-electron chi connectivity index (χ0n) is 11.8. The summed E-state index contributed by atoms with van der Waals surface area (Å²) in [6.07, 6.45) is 8.19. The van der Waals surface area contributed by atoms with E-state index in [-0.39, 0.29) is 0 Å². The number of aromatic nitrogens is 2. The van der Waals surface area contributed by atoms with Crippen LogP contribution < -0.4 is 5.32 Å². The average molecular weight is 280 g/mol. The molecule has 2 unspecified atom stereocenters. The van der Waals surface area contributed by atoms with Gasteiger partial charge in [-0.1, -0.05) is 17.8 Å². The number of anilines is 1. The van der Waals surface area contributed by atoms with Gasteiger partial charge in [-0.2, -0.15) is 0 Å². The minimum absolute atomic E-state index is 0.814. The molecule has 1 aliphatic carbocycles. The summed E-state index contributed by atoms with van der Waals surface area (Å²) >= 11 is 1.50. The number of hydrogen-bond donors (Lipinski definition) is 1. The molecule has 1 N–H and O–H groups in total. The van der Waals surface area contributed by atoms with Crippen LogP contribution in [0.4, 0.5) is 5.00 Å². The lowest BCUT2D eigenvalue weighted by Gasteiger charge is -2.37. The smallest absolute Gasteiger partial charge is 0.134 e. The Morgan fingerprint density at radius 3 is 3.11 bits per heavy atom. The Hall–Kier alpha value is -0.680. The molecule has 0 amide bonds. The number of fused-ring (bicyclic) bond motifs is 1. The van der Waals surface area contributed by atoms with Crippen molar-refractivity contribution in [1.29, 1.82) is 0 Å². The van der Waals surface area contributed by atoms with E-state index in [0.717, 1.165) is 37.2 Å². The first-order valence-corrected chi connectivity index (χ1v) is 8.45. The Labute approximate surface area is 119 Å². The van der Waals surface area contributed by atoms with Gasteiger partial charge in [0.2, 0.25) is 0 Å². The molecule has 5 heteroatoms. The molecule has 1 aliphatic heterocycles. The van der Waals surface area contributed by atoms with E-state index < -0.39 is 0 Å². The molecule has 2 fully saturated rings. The SMILES string of the molecule is CCCNc1snnc1CN1CCCC2CCCC21. The Bertz CT molecular complexity index is 406. The number of hydrogen-bond acceptors (Lipinski definition) is 5. The maximum absolute atomic E-state index is 4.34. The summed E-state index contributed by atoms with van der Waals surface area (Å²) in [5, 5.41) is 8.98. The second-order valence-electron chi connectivity index (χ2n) is 5.85. The summed E-state index contributed by atoms with van der Waals surface area (Å²) in [7, 11) is 0. The Morgan fingerprint density at radius 1 is 1.32 bits per heavy atom. The lowest BCUT2D eigenvalue weighted by Crippen LogP contribution is -2.42. The summed E-state index contributed by atoms with van der Waals surface area (Å²) in [5.41, 5.74) is 1.16. The molecular formula is C14H24N4S. The van der Waals surface area contributed by atoms with E-state index in [1.165, 1.54) is 55.2 Å². The third kappa shape index (κ3) is 2.92. The molecule has 1 aromatic rings. The molecule has 1 saturated heterocycles. The van der Waals surface area contributed by atoms with Gasteiger partial charge in [0.15, 0.2) is 0 Å². The van der Waals surface area contributed by atoms with Gasteiger partial charge in [0.25, 0.3) is 0 Å². The van der Waals surface area contributed by atoms with Gasteiger partial charge in [0.05, 0.1) is 0 Å². The topological polar surface area (TPSA) is 41.1 Å². The molecule has 4 nitrogen and oxygen atoms in total. The van der Waals surface area contributed by atoms with Crippen LogP contribution in [0.2, 0.25) is 0 Å². The minimum atomic E-state index is 0.814. The standard InChI is InChI=1S/C14H24N4S/c1-2-8-15-14-12(16-17-19-14)10-18-9-4-6-11-5-3-7-13(11)18/h11,13,15H,2-10H2,1H3. The summed E-state index contributed by atoms with van der Waals surface area (Å²) in [5.74, 6) is 0.951. The van der Waals surface area contributed by atoms with Crippen LogP contribution in [0, 0.1) is 5.92 Å². The highest BCUT2D eigenvalue weighted by Gasteiger charge is 2.35. The van der Waals surface area contributed by atoms with Crippen molar-refractivity contribution in [1.82, 2.24) is 14.5 Å². The van der Waals surface area contributed by atoms with Crippen molar-refractivity contribution in [3.8, 4) is 0 Å². The van der Waals surface area contributed by atoms with Gasteiger partial charge in [-0.05, 0) is 44.6 Å². The first kappa shape index (κ1) is 13.3. The molecular weight excluding hydrogens is 256 g/mol. The average Bonchev–Trinajstić information content (AvgIpc) is 3.05. The van der Waals surface area contributed by atoms with Crippen LogP contribution in [0.1, 0.15) is 51.1 Å². The van der Waals surface area contributed by atoms with Crippen molar-refractivity contribution < 1.29 is 0 Å². The van der Waals surface area contributed by atoms with E-state index >= 15 is 0 Å². The molecule has 1 saturated carbocycles. The summed E-state index contributed by atoms with van der Waals surface area (Å²) in [6, 6.07) is 0.814. The van der Waals surface area contributed by atoms with Crippen LogP contribution in [-0.4, -0.2) is 33.6 Å². The van der Waals surface area contributed by atoms with Crippen molar-refractivity contribution >= 4 is 16.5 Å². The van der Waals surface area contributed by atoms with Crippen LogP contribution in [-0.2, 0) is 6.54 Å². The molecule has 0 spiro atoms. The third-order valence-corrected chi connectivity index (χ3v) is 5.28. The first-order valence-electron chi connectivity index (χ1n) is 7.67.